The zero-order valence-corrected chi connectivity index (χ0v) is 66.2. The fourth-order valence-corrected chi connectivity index (χ4v) is 13.3. The van der Waals surface area contributed by atoms with Crippen molar-refractivity contribution in [1.29, 1.82) is 0 Å². The number of unbranched alkanes of at least 4 members (excludes halogenated alkanes) is 47. The molecule has 2 unspecified atom stereocenters. The van der Waals surface area contributed by atoms with Crippen LogP contribution in [0.1, 0.15) is 400 Å². The second-order valence-electron chi connectivity index (χ2n) is 28.1. The number of allylic oxidation sites excluding steroid dienone is 6. The number of aliphatic hydroxyl groups is 1. The molecule has 0 spiro atoms. The van der Waals surface area contributed by atoms with Gasteiger partial charge in [0.05, 0.1) is 26.4 Å². The summed E-state index contributed by atoms with van der Waals surface area (Å²) >= 11 is 0. The molecule has 3 N–H and O–H groups in total. The number of hydrogen-bond acceptors (Lipinski definition) is 15. The SMILES string of the molecule is CCCCCCCC/C=C\CCCCCCCC(=O)OC[C@H](COP(=O)(O)OC[C@@H](O)COP(=O)(O)OC[C@@H](COC(=O)CCCCCCCCCCCCCCCCC)OC(=O)CCCCCCC/C=C\CCCCCCCC)OC(=O)CCCCCCC/C=C\CCCCCCCC. The fourth-order valence-electron chi connectivity index (χ4n) is 11.7. The van der Waals surface area contributed by atoms with Crippen LogP contribution in [0, 0.1) is 0 Å². The van der Waals surface area contributed by atoms with Gasteiger partial charge in [0, 0.05) is 25.7 Å². The molecule has 588 valence electrons. The lowest BCUT2D eigenvalue weighted by Crippen LogP contribution is -2.30. The minimum Gasteiger partial charge on any atom is -0.462 e. The van der Waals surface area contributed by atoms with Crippen molar-refractivity contribution in [3.05, 3.63) is 36.5 Å². The fraction of sp³-hybridized carbons (Fsp3) is 0.877. The molecule has 0 saturated carbocycles. The number of hydrogen-bond donors (Lipinski definition) is 3. The minimum absolute atomic E-state index is 0.0897. The van der Waals surface area contributed by atoms with E-state index in [1.165, 1.54) is 186 Å². The summed E-state index contributed by atoms with van der Waals surface area (Å²) in [4.78, 5) is 73.0. The number of carbonyl (C=O) groups excluding carboxylic acids is 4. The predicted molar refractivity (Wildman–Crippen MR) is 409 cm³/mol. The Balaban J connectivity index is 5.32. The van der Waals surface area contributed by atoms with Crippen LogP contribution in [-0.2, 0) is 65.4 Å². The number of rotatable bonds is 79. The maximum Gasteiger partial charge on any atom is 0.472 e. The van der Waals surface area contributed by atoms with Crippen molar-refractivity contribution in [1.82, 2.24) is 0 Å². The van der Waals surface area contributed by atoms with E-state index in [0.29, 0.717) is 25.7 Å². The van der Waals surface area contributed by atoms with Gasteiger partial charge in [0.15, 0.2) is 12.2 Å². The van der Waals surface area contributed by atoms with Gasteiger partial charge in [-0.05, 0) is 103 Å². The molecule has 0 fully saturated rings. The van der Waals surface area contributed by atoms with Gasteiger partial charge < -0.3 is 33.8 Å². The topological polar surface area (TPSA) is 237 Å². The Bertz CT molecular complexity index is 2040. The first-order valence-electron chi connectivity index (χ1n) is 41.2. The first kappa shape index (κ1) is 97.3. The van der Waals surface area contributed by atoms with Crippen molar-refractivity contribution >= 4 is 39.5 Å². The highest BCUT2D eigenvalue weighted by molar-refractivity contribution is 7.47. The van der Waals surface area contributed by atoms with Gasteiger partial charge in [-0.15, -0.1) is 0 Å². The van der Waals surface area contributed by atoms with E-state index in [1.54, 1.807) is 0 Å². The second-order valence-corrected chi connectivity index (χ2v) is 31.0. The van der Waals surface area contributed by atoms with Crippen LogP contribution in [0.5, 0.6) is 0 Å². The van der Waals surface area contributed by atoms with Crippen LogP contribution >= 0.6 is 15.6 Å². The lowest BCUT2D eigenvalue weighted by molar-refractivity contribution is -0.161. The van der Waals surface area contributed by atoms with E-state index < -0.39 is 97.5 Å². The van der Waals surface area contributed by atoms with Gasteiger partial charge >= 0.3 is 39.5 Å². The summed E-state index contributed by atoms with van der Waals surface area (Å²) in [5, 5.41) is 10.6. The van der Waals surface area contributed by atoms with Gasteiger partial charge in [-0.2, -0.15) is 0 Å². The first-order valence-corrected chi connectivity index (χ1v) is 44.2. The number of ether oxygens (including phenoxy) is 4. The Morgan fingerprint density at radius 3 is 0.690 bits per heavy atom. The summed E-state index contributed by atoms with van der Waals surface area (Å²) in [6, 6.07) is 0. The highest BCUT2D eigenvalue weighted by Gasteiger charge is 2.30. The molecule has 0 amide bonds. The molecule has 0 radical (unpaired) electrons. The molecule has 19 heteroatoms. The molecule has 0 aromatic rings. The quantitative estimate of drug-likeness (QED) is 0.0169. The van der Waals surface area contributed by atoms with Crippen molar-refractivity contribution in [2.45, 2.75) is 418 Å². The summed E-state index contributed by atoms with van der Waals surface area (Å²) in [5.74, 6) is -2.16. The van der Waals surface area contributed by atoms with E-state index in [-0.39, 0.29) is 25.7 Å². The number of phosphoric acid groups is 2. The molecule has 0 aromatic carbocycles. The van der Waals surface area contributed by atoms with Crippen molar-refractivity contribution in [3.8, 4) is 0 Å². The van der Waals surface area contributed by atoms with Crippen molar-refractivity contribution in [2.24, 2.45) is 0 Å². The summed E-state index contributed by atoms with van der Waals surface area (Å²) in [6.07, 6.45) is 71.1. The lowest BCUT2D eigenvalue weighted by Gasteiger charge is -2.21. The Labute approximate surface area is 611 Å². The normalized spacial score (nSPS) is 14.0. The largest absolute Gasteiger partial charge is 0.472 e. The maximum absolute atomic E-state index is 13.1. The second kappa shape index (κ2) is 74.5. The molecule has 0 rings (SSSR count). The van der Waals surface area contributed by atoms with Crippen LogP contribution in [-0.4, -0.2) is 96.7 Å². The summed E-state index contributed by atoms with van der Waals surface area (Å²) in [6.45, 7) is 4.94. The molecule has 0 bridgehead atoms. The molecular weight excluding hydrogens is 1310 g/mol. The smallest absolute Gasteiger partial charge is 0.462 e. The molecule has 0 aliphatic rings. The predicted octanol–water partition coefficient (Wildman–Crippen LogP) is 23.9. The lowest BCUT2D eigenvalue weighted by atomic mass is 10.0. The van der Waals surface area contributed by atoms with Crippen molar-refractivity contribution in [2.75, 3.05) is 39.6 Å². The van der Waals surface area contributed by atoms with Crippen molar-refractivity contribution < 1.29 is 80.2 Å². The van der Waals surface area contributed by atoms with E-state index in [4.69, 9.17) is 37.0 Å². The summed E-state index contributed by atoms with van der Waals surface area (Å²) in [5.41, 5.74) is 0. The van der Waals surface area contributed by atoms with E-state index in [1.807, 2.05) is 0 Å². The monoisotopic (exact) mass is 1460 g/mol. The highest BCUT2D eigenvalue weighted by Crippen LogP contribution is 2.45. The molecule has 5 atom stereocenters. The minimum atomic E-state index is -4.97. The zero-order chi connectivity index (χ0) is 73.2. The number of aliphatic hydroxyl groups excluding tert-OH is 1. The number of esters is 4. The maximum atomic E-state index is 13.1. The molecule has 0 heterocycles. The molecule has 0 aliphatic carbocycles. The molecule has 0 aromatic heterocycles. The van der Waals surface area contributed by atoms with Crippen LogP contribution < -0.4 is 0 Å². The van der Waals surface area contributed by atoms with Crippen molar-refractivity contribution in [3.63, 3.8) is 0 Å². The van der Waals surface area contributed by atoms with Crippen LogP contribution in [0.2, 0.25) is 0 Å². The summed E-state index contributed by atoms with van der Waals surface area (Å²) in [7, 11) is -9.94. The van der Waals surface area contributed by atoms with Crippen LogP contribution in [0.25, 0.3) is 0 Å². The summed E-state index contributed by atoms with van der Waals surface area (Å²) < 4.78 is 68.7. The Morgan fingerprint density at radius 1 is 0.270 bits per heavy atom. The molecule has 0 aliphatic heterocycles. The first-order chi connectivity index (χ1) is 48.7. The Kier molecular flexibility index (Phi) is 72.5. The zero-order valence-electron chi connectivity index (χ0n) is 64.4. The average Bonchev–Trinajstić information content (AvgIpc) is 1.01. The van der Waals surface area contributed by atoms with Gasteiger partial charge in [0.2, 0.25) is 0 Å². The number of carbonyl (C=O) groups is 4. The Hall–Kier alpha value is -2.72. The number of phosphoric ester groups is 2. The van der Waals surface area contributed by atoms with Gasteiger partial charge in [-0.3, -0.25) is 37.3 Å². The molecule has 100 heavy (non-hydrogen) atoms. The van der Waals surface area contributed by atoms with Gasteiger partial charge in [-0.25, -0.2) is 9.13 Å². The highest BCUT2D eigenvalue weighted by atomic mass is 31.2. The third kappa shape index (κ3) is 73.6. The molecular formula is C81H152O17P2. The van der Waals surface area contributed by atoms with Crippen LogP contribution in [0.3, 0.4) is 0 Å². The van der Waals surface area contributed by atoms with Crippen LogP contribution in [0.4, 0.5) is 0 Å². The van der Waals surface area contributed by atoms with E-state index in [0.717, 1.165) is 135 Å². The van der Waals surface area contributed by atoms with Gasteiger partial charge in [0.25, 0.3) is 0 Å². The standard InChI is InChI=1S/C81H152O17P2/c1-5-9-13-17-21-25-29-33-37-41-45-49-53-57-61-65-78(83)91-71-76(97-80(85)67-63-59-55-51-47-43-39-35-31-27-23-19-15-11-7-3)73-95-99(87,88)93-69-75(82)70-94-100(89,90)96-74-77(98-81(86)68-64-60-56-52-48-44-40-36-32-28-24-20-16-12-8-4)72-92-79(84)66-62-58-54-50-46-42-38-34-30-26-22-18-14-10-6-2/h33,35-37,39-40,75-77,82H,5-32,34,38,41-74H2,1-4H3,(H,87,88)(H,89,90)/b37-33-,39-35-,40-36-/t75-,76-,77-/m1/s1. The van der Waals surface area contributed by atoms with Crippen LogP contribution in [0.15, 0.2) is 36.5 Å². The van der Waals surface area contributed by atoms with Gasteiger partial charge in [-0.1, -0.05) is 308 Å². The van der Waals surface area contributed by atoms with Gasteiger partial charge in [0.1, 0.15) is 19.3 Å². The van der Waals surface area contributed by atoms with E-state index >= 15 is 0 Å². The average molecular weight is 1460 g/mol. The third-order valence-corrected chi connectivity index (χ3v) is 20.0. The van der Waals surface area contributed by atoms with E-state index in [9.17, 15) is 43.2 Å². The molecule has 17 nitrogen and oxygen atoms in total. The Morgan fingerprint density at radius 2 is 0.460 bits per heavy atom. The van der Waals surface area contributed by atoms with E-state index in [2.05, 4.69) is 64.2 Å². The molecule has 0 saturated heterocycles. The third-order valence-electron chi connectivity index (χ3n) is 18.1.